The van der Waals surface area contributed by atoms with E-state index in [1.807, 2.05) is 0 Å². The van der Waals surface area contributed by atoms with E-state index in [1.165, 1.54) is 58.3 Å². The SMILES string of the molecule is CCCCCCCCCCCOc1cccc(C(=O)N[C@@H]2C(O[C@@H]3C(CO)O[C@@H](OC4C(CO)O[C@@H](O[C@@H]5C(CO)OC(OC6C(COC7OC(C)[C@@H](O)[C@@H](O)[C@H]7OC)O[C@@H](O)[C@@H](NC(C)=O)[C@H]6O)C(NC(C)=O)C5O)[C@@H](NC(C)=O)[C@H]4O)C(NC(C)=O)C3O)OC(CO)[C@@H](O)[C@@H]2O)c1. The summed E-state index contributed by atoms with van der Waals surface area (Å²) in [4.78, 5) is 65.1. The molecular formula is C63H103N5O31. The van der Waals surface area contributed by atoms with Gasteiger partial charge in [0.1, 0.15) is 146 Å². The van der Waals surface area contributed by atoms with Crippen LogP contribution in [0.3, 0.4) is 0 Å². The molecule has 0 spiro atoms. The lowest BCUT2D eigenvalue weighted by Crippen LogP contribution is -2.72. The number of carbonyl (C=O) groups excluding carboxylic acids is 5. The summed E-state index contributed by atoms with van der Waals surface area (Å²) in [5, 5.41) is 159. The number of benzene rings is 1. The van der Waals surface area contributed by atoms with E-state index in [2.05, 4.69) is 33.5 Å². The quantitative estimate of drug-likeness (QED) is 0.0291. The third-order valence-electron chi connectivity index (χ3n) is 18.2. The summed E-state index contributed by atoms with van der Waals surface area (Å²) in [5.41, 5.74) is 0.0622. The maximum absolute atomic E-state index is 14.0. The fourth-order valence-electron chi connectivity index (χ4n) is 13.0. The van der Waals surface area contributed by atoms with Crippen molar-refractivity contribution in [3.8, 4) is 5.75 Å². The molecule has 6 aliphatic rings. The van der Waals surface area contributed by atoms with Gasteiger partial charge in [-0.15, -0.1) is 0 Å². The zero-order chi connectivity index (χ0) is 72.5. The van der Waals surface area contributed by atoms with Crippen molar-refractivity contribution in [1.82, 2.24) is 26.6 Å². The molecule has 0 aromatic heterocycles. The van der Waals surface area contributed by atoms with Gasteiger partial charge in [-0.3, -0.25) is 24.0 Å². The van der Waals surface area contributed by atoms with Crippen LogP contribution in [-0.4, -0.2) is 327 Å². The van der Waals surface area contributed by atoms with Gasteiger partial charge >= 0.3 is 0 Å². The highest BCUT2D eigenvalue weighted by Gasteiger charge is 2.58. The molecule has 6 aliphatic heterocycles. The summed E-state index contributed by atoms with van der Waals surface area (Å²) in [6.45, 7) is 3.61. The van der Waals surface area contributed by atoms with E-state index in [4.69, 9.17) is 61.6 Å². The summed E-state index contributed by atoms with van der Waals surface area (Å²) in [6.07, 6.45) is -33.4. The van der Waals surface area contributed by atoms with Crippen molar-refractivity contribution in [2.75, 3.05) is 46.8 Å². The zero-order valence-corrected chi connectivity index (χ0v) is 56.4. The van der Waals surface area contributed by atoms with Gasteiger partial charge in [-0.2, -0.15) is 0 Å². The number of amides is 5. The second-order valence-electron chi connectivity index (χ2n) is 25.6. The molecule has 1 aromatic rings. The molecule has 5 amide bonds. The van der Waals surface area contributed by atoms with Crippen LogP contribution < -0.4 is 31.3 Å². The van der Waals surface area contributed by atoms with E-state index < -0.39 is 246 Å². The van der Waals surface area contributed by atoms with Gasteiger partial charge in [0, 0.05) is 40.4 Å². The van der Waals surface area contributed by atoms with Gasteiger partial charge in [-0.05, 0) is 31.5 Å². The molecule has 0 bridgehead atoms. The number of nitrogens with one attached hydrogen (secondary N) is 5. The summed E-state index contributed by atoms with van der Waals surface area (Å²) in [7, 11) is 1.21. The average molecular weight is 1430 g/mol. The smallest absolute Gasteiger partial charge is 0.251 e. The lowest BCUT2D eigenvalue weighted by Gasteiger charge is -2.51. The molecule has 0 saturated carbocycles. The maximum atomic E-state index is 14.0. The standard InChI is InChI=1S/C63H103N5O31/c1-8-9-10-11-12-13-14-15-16-20-88-33-19-17-18-32(21-33)57(85)68-40-46(79)45(78)34(22-69)92-59(40)96-52-35(23-70)93-60(41(48(52)81)65-29(4)74)97-53-36(24-71)94-61(42(49(53)82)66-30(5)75)98-54-37(25-72)95-62(43(50(54)83)67-31(6)76)99-55-38(91-58(86)39(47(55)80)64-28(3)73)26-89-63-56(87-7)51(84)44(77)27(2)90-63/h17-19,21,27,34-56,58-63,69-72,77-84,86H,8-16,20,22-26H2,1-7H3,(H,64,73)(H,65,74)(H,66,75)(H,67,76)(H,68,85)/t27?,34?,35?,36?,37?,38?,39-,40-,41?,42-,43?,44+,45+,46+,47+,48?,49+,50?,51+,52+,53?,54+,55?,56+,58+,59?,60-,61-,62?,63?/m0/s1. The molecule has 0 radical (unpaired) electrons. The van der Waals surface area contributed by atoms with E-state index in [-0.39, 0.29) is 5.56 Å². The van der Waals surface area contributed by atoms with Gasteiger partial charge in [0.25, 0.3) is 5.91 Å². The molecule has 0 aliphatic carbocycles. The lowest BCUT2D eigenvalue weighted by molar-refractivity contribution is -0.368. The molecule has 7 rings (SSSR count). The minimum absolute atomic E-state index is 0.0622. The molecule has 99 heavy (non-hydrogen) atoms. The van der Waals surface area contributed by atoms with Crippen molar-refractivity contribution < 1.29 is 152 Å². The Kier molecular flexibility index (Phi) is 32.0. The first kappa shape index (κ1) is 81.7. The zero-order valence-electron chi connectivity index (χ0n) is 56.4. The third kappa shape index (κ3) is 21.1. The predicted molar refractivity (Wildman–Crippen MR) is 333 cm³/mol. The Morgan fingerprint density at radius 2 is 0.838 bits per heavy atom. The number of ether oxygens (including phenoxy) is 13. The molecule has 36 nitrogen and oxygen atoms in total. The predicted octanol–water partition coefficient (Wildman–Crippen LogP) is -6.50. The van der Waals surface area contributed by atoms with Gasteiger partial charge in [0.2, 0.25) is 23.6 Å². The lowest BCUT2D eigenvalue weighted by atomic mass is 9.93. The Morgan fingerprint density at radius 3 is 1.27 bits per heavy atom. The van der Waals surface area contributed by atoms with Crippen LogP contribution in [0.4, 0.5) is 0 Å². The summed E-state index contributed by atoms with van der Waals surface area (Å²) >= 11 is 0. The normalized spacial score (nSPS) is 39.5. The van der Waals surface area contributed by atoms with Crippen molar-refractivity contribution in [2.24, 2.45) is 0 Å². The fraction of sp³-hybridized carbons (Fsp3) is 0.825. The van der Waals surface area contributed by atoms with Crippen molar-refractivity contribution >= 4 is 29.5 Å². The Hall–Kier alpha value is -4.63. The number of hydrogen-bond donors (Lipinski definition) is 18. The molecule has 18 N–H and O–H groups in total. The molecule has 1 aromatic carbocycles. The van der Waals surface area contributed by atoms with Crippen molar-refractivity contribution in [3.05, 3.63) is 29.8 Å². The first-order chi connectivity index (χ1) is 47.2. The Morgan fingerprint density at radius 1 is 0.434 bits per heavy atom. The molecular weight excluding hydrogens is 1320 g/mol. The Bertz CT molecular complexity index is 2680. The molecule has 6 heterocycles. The summed E-state index contributed by atoms with van der Waals surface area (Å²) in [6, 6.07) is -2.38. The third-order valence-corrected chi connectivity index (χ3v) is 18.2. The Balaban J connectivity index is 1.07. The van der Waals surface area contributed by atoms with Crippen LogP contribution in [0, 0.1) is 0 Å². The largest absolute Gasteiger partial charge is 0.494 e. The minimum atomic E-state index is -2.06. The van der Waals surface area contributed by atoms with Crippen molar-refractivity contribution in [1.29, 1.82) is 0 Å². The summed E-state index contributed by atoms with van der Waals surface area (Å²) in [5.74, 6) is -3.63. The highest BCUT2D eigenvalue weighted by molar-refractivity contribution is 5.94. The van der Waals surface area contributed by atoms with Crippen LogP contribution in [0.15, 0.2) is 24.3 Å². The molecule has 566 valence electrons. The highest BCUT2D eigenvalue weighted by atomic mass is 16.8. The Labute approximate surface area is 572 Å². The van der Waals surface area contributed by atoms with Gasteiger partial charge in [-0.25, -0.2) is 0 Å². The van der Waals surface area contributed by atoms with Crippen LogP contribution in [0.25, 0.3) is 0 Å². The monoisotopic (exact) mass is 1430 g/mol. The molecule has 6 saturated heterocycles. The van der Waals surface area contributed by atoms with Gasteiger partial charge in [-0.1, -0.05) is 64.4 Å². The minimum Gasteiger partial charge on any atom is -0.494 e. The average Bonchev–Trinajstić information content (AvgIpc) is 0.791. The number of carbonyl (C=O) groups is 5. The van der Waals surface area contributed by atoms with Crippen LogP contribution in [0.5, 0.6) is 5.75 Å². The summed E-state index contributed by atoms with van der Waals surface area (Å²) < 4.78 is 78.0. The van der Waals surface area contributed by atoms with Crippen LogP contribution in [-0.2, 0) is 76.0 Å². The molecule has 30 atom stereocenters. The first-order valence-corrected chi connectivity index (χ1v) is 33.6. The number of aliphatic hydroxyl groups excluding tert-OH is 13. The van der Waals surface area contributed by atoms with Crippen LogP contribution >= 0.6 is 0 Å². The number of aliphatic hydroxyl groups is 13. The molecule has 15 unspecified atom stereocenters. The van der Waals surface area contributed by atoms with Crippen molar-refractivity contribution in [2.45, 2.75) is 283 Å². The fourth-order valence-corrected chi connectivity index (χ4v) is 13.0. The number of unbranched alkanes of at least 4 members (excludes halogenated alkanes) is 8. The van der Waals surface area contributed by atoms with E-state index in [1.54, 1.807) is 12.1 Å². The highest BCUT2D eigenvalue weighted by Crippen LogP contribution is 2.37. The number of hydrogen-bond acceptors (Lipinski definition) is 31. The van der Waals surface area contributed by atoms with Crippen LogP contribution in [0.2, 0.25) is 0 Å². The second kappa shape index (κ2) is 38.8. The van der Waals surface area contributed by atoms with E-state index in [9.17, 15) is 90.4 Å². The van der Waals surface area contributed by atoms with E-state index >= 15 is 0 Å². The number of rotatable bonds is 33. The first-order valence-electron chi connectivity index (χ1n) is 33.6. The van der Waals surface area contributed by atoms with E-state index in [0.717, 1.165) is 53.4 Å². The van der Waals surface area contributed by atoms with Gasteiger partial charge in [0.15, 0.2) is 37.7 Å². The second-order valence-corrected chi connectivity index (χ2v) is 25.6. The van der Waals surface area contributed by atoms with Gasteiger partial charge < -0.3 is 155 Å². The number of methoxy groups -OCH3 is 1. The van der Waals surface area contributed by atoms with Gasteiger partial charge in [0.05, 0.1) is 45.7 Å². The van der Waals surface area contributed by atoms with Crippen molar-refractivity contribution in [3.63, 3.8) is 0 Å². The molecule has 36 heteroatoms. The van der Waals surface area contributed by atoms with Crippen LogP contribution in [0.1, 0.15) is 110 Å². The maximum Gasteiger partial charge on any atom is 0.251 e. The van der Waals surface area contributed by atoms with E-state index in [0.29, 0.717) is 12.4 Å². The molecule has 6 fully saturated rings. The topological polar surface area (TPSA) is 528 Å².